The number of hydrogen-bond donors (Lipinski definition) is 2. The third kappa shape index (κ3) is 2.77. The van der Waals surface area contributed by atoms with Crippen LogP contribution in [0.1, 0.15) is 10.4 Å². The van der Waals surface area contributed by atoms with Crippen LogP contribution in [0.4, 0.5) is 0 Å². The van der Waals surface area contributed by atoms with Crippen LogP contribution in [0.15, 0.2) is 29.2 Å². The summed E-state index contributed by atoms with van der Waals surface area (Å²) >= 11 is 1.08. The number of nitrogens with two attached hydrogens (primary N) is 1. The summed E-state index contributed by atoms with van der Waals surface area (Å²) in [5.74, 6) is -1.54. The fraction of sp³-hybridized carbons (Fsp3) is 0.111. The molecule has 0 aliphatic rings. The average molecular weight is 211 g/mol. The van der Waals surface area contributed by atoms with Crippen molar-refractivity contribution in [2.45, 2.75) is 4.90 Å². The summed E-state index contributed by atoms with van der Waals surface area (Å²) in [5.41, 5.74) is 5.48. The minimum atomic E-state index is -0.922. The van der Waals surface area contributed by atoms with Gasteiger partial charge in [0.05, 0.1) is 11.3 Å². The van der Waals surface area contributed by atoms with Crippen molar-refractivity contribution < 1.29 is 14.7 Å². The zero-order valence-corrected chi connectivity index (χ0v) is 8.08. The van der Waals surface area contributed by atoms with E-state index in [0.717, 1.165) is 11.8 Å². The summed E-state index contributed by atoms with van der Waals surface area (Å²) < 4.78 is 0. The van der Waals surface area contributed by atoms with Gasteiger partial charge in [-0.05, 0) is 12.1 Å². The molecule has 0 unspecified atom stereocenters. The van der Waals surface area contributed by atoms with Crippen LogP contribution in [0, 0.1) is 0 Å². The monoisotopic (exact) mass is 211 g/mol. The minimum absolute atomic E-state index is 0.0791. The summed E-state index contributed by atoms with van der Waals surface area (Å²) in [6.45, 7) is 0. The lowest BCUT2D eigenvalue weighted by atomic mass is 10.2. The highest BCUT2D eigenvalue weighted by molar-refractivity contribution is 8.00. The van der Waals surface area contributed by atoms with E-state index in [1.807, 2.05) is 0 Å². The topological polar surface area (TPSA) is 80.4 Å². The molecule has 0 bridgehead atoms. The zero-order valence-electron chi connectivity index (χ0n) is 7.27. The molecule has 0 atom stereocenters. The number of carboxylic acids is 1. The number of carboxylic acid groups (broad SMARTS) is 1. The van der Waals surface area contributed by atoms with E-state index in [9.17, 15) is 9.59 Å². The van der Waals surface area contributed by atoms with Gasteiger partial charge in [0.2, 0.25) is 5.91 Å². The van der Waals surface area contributed by atoms with Gasteiger partial charge in [-0.15, -0.1) is 11.8 Å². The molecule has 0 aliphatic carbocycles. The molecule has 0 aliphatic heterocycles. The number of carbonyl (C=O) groups excluding carboxylic acids is 1. The minimum Gasteiger partial charge on any atom is -0.481 e. The Morgan fingerprint density at radius 3 is 2.57 bits per heavy atom. The molecule has 4 nitrogen and oxygen atoms in total. The maximum atomic E-state index is 10.9. The Morgan fingerprint density at radius 2 is 2.00 bits per heavy atom. The average Bonchev–Trinajstić information content (AvgIpc) is 2.15. The second-order valence-electron chi connectivity index (χ2n) is 2.54. The molecule has 0 radical (unpaired) electrons. The molecule has 14 heavy (non-hydrogen) atoms. The number of carbonyl (C=O) groups is 2. The van der Waals surface area contributed by atoms with Crippen LogP contribution < -0.4 is 5.73 Å². The number of benzene rings is 1. The van der Waals surface area contributed by atoms with E-state index in [2.05, 4.69) is 0 Å². The van der Waals surface area contributed by atoms with Crippen LogP contribution in [0.5, 0.6) is 0 Å². The number of hydrogen-bond acceptors (Lipinski definition) is 3. The van der Waals surface area contributed by atoms with Crippen molar-refractivity contribution in [2.24, 2.45) is 5.73 Å². The molecular weight excluding hydrogens is 202 g/mol. The molecule has 1 amide bonds. The fourth-order valence-electron chi connectivity index (χ4n) is 0.936. The van der Waals surface area contributed by atoms with Crippen molar-refractivity contribution in [1.82, 2.24) is 0 Å². The molecule has 0 aromatic heterocycles. The summed E-state index contributed by atoms with van der Waals surface area (Å²) in [7, 11) is 0. The number of amides is 1. The first-order valence-electron chi connectivity index (χ1n) is 3.84. The molecule has 1 aromatic rings. The first-order chi connectivity index (χ1) is 6.61. The van der Waals surface area contributed by atoms with E-state index < -0.39 is 11.9 Å². The molecule has 0 fully saturated rings. The molecule has 3 N–H and O–H groups in total. The van der Waals surface area contributed by atoms with Crippen LogP contribution in [0.2, 0.25) is 0 Å². The van der Waals surface area contributed by atoms with Gasteiger partial charge >= 0.3 is 5.97 Å². The lowest BCUT2D eigenvalue weighted by Crippen LogP contribution is -2.12. The van der Waals surface area contributed by atoms with Gasteiger partial charge in [-0.3, -0.25) is 9.59 Å². The Kier molecular flexibility index (Phi) is 3.53. The lowest BCUT2D eigenvalue weighted by Gasteiger charge is -2.03. The molecule has 74 valence electrons. The maximum Gasteiger partial charge on any atom is 0.313 e. The summed E-state index contributed by atoms with van der Waals surface area (Å²) in [6, 6.07) is 6.67. The highest BCUT2D eigenvalue weighted by Gasteiger charge is 2.08. The van der Waals surface area contributed by atoms with E-state index in [4.69, 9.17) is 10.8 Å². The second kappa shape index (κ2) is 4.66. The standard InChI is InChI=1S/C9H9NO3S/c10-9(13)6-3-1-2-4-7(6)14-5-8(11)12/h1-4H,5H2,(H2,10,13)(H,11,12). The van der Waals surface area contributed by atoms with Gasteiger partial charge in [0, 0.05) is 4.90 Å². The van der Waals surface area contributed by atoms with Crippen molar-refractivity contribution in [3.63, 3.8) is 0 Å². The summed E-state index contributed by atoms with van der Waals surface area (Å²) in [5, 5.41) is 8.47. The Balaban J connectivity index is 2.84. The molecule has 5 heteroatoms. The van der Waals surface area contributed by atoms with Crippen LogP contribution >= 0.6 is 11.8 Å². The third-order valence-corrected chi connectivity index (χ3v) is 2.56. The van der Waals surface area contributed by atoms with Crippen LogP contribution in [0.25, 0.3) is 0 Å². The predicted molar refractivity (Wildman–Crippen MR) is 53.3 cm³/mol. The highest BCUT2D eigenvalue weighted by Crippen LogP contribution is 2.21. The fourth-order valence-corrected chi connectivity index (χ4v) is 1.71. The van der Waals surface area contributed by atoms with Gasteiger partial charge in [0.1, 0.15) is 0 Å². The first kappa shape index (κ1) is 10.6. The Bertz CT molecular complexity index is 365. The quantitative estimate of drug-likeness (QED) is 0.727. The number of thioether (sulfide) groups is 1. The second-order valence-corrected chi connectivity index (χ2v) is 3.56. The number of aliphatic carboxylic acids is 1. The van der Waals surface area contributed by atoms with Crippen LogP contribution in [-0.2, 0) is 4.79 Å². The van der Waals surface area contributed by atoms with Gasteiger partial charge in [0.15, 0.2) is 0 Å². The van der Waals surface area contributed by atoms with Crippen molar-refractivity contribution in [1.29, 1.82) is 0 Å². The SMILES string of the molecule is NC(=O)c1ccccc1SCC(=O)O. The van der Waals surface area contributed by atoms with E-state index >= 15 is 0 Å². The third-order valence-electron chi connectivity index (χ3n) is 1.50. The lowest BCUT2D eigenvalue weighted by molar-refractivity contribution is -0.133. The summed E-state index contributed by atoms with van der Waals surface area (Å²) in [6.07, 6.45) is 0. The predicted octanol–water partition coefficient (Wildman–Crippen LogP) is 0.962. The van der Waals surface area contributed by atoms with E-state index in [1.54, 1.807) is 24.3 Å². The smallest absolute Gasteiger partial charge is 0.313 e. The number of primary amides is 1. The van der Waals surface area contributed by atoms with Crippen LogP contribution in [-0.4, -0.2) is 22.7 Å². The van der Waals surface area contributed by atoms with Gasteiger partial charge in [0.25, 0.3) is 0 Å². The Morgan fingerprint density at radius 1 is 1.36 bits per heavy atom. The Labute approximate surface area is 85.1 Å². The normalized spacial score (nSPS) is 9.71. The van der Waals surface area contributed by atoms with Crippen molar-refractivity contribution in [3.05, 3.63) is 29.8 Å². The Hall–Kier alpha value is -1.49. The largest absolute Gasteiger partial charge is 0.481 e. The maximum absolute atomic E-state index is 10.9. The van der Waals surface area contributed by atoms with E-state index in [-0.39, 0.29) is 5.75 Å². The molecule has 0 spiro atoms. The molecule has 0 saturated heterocycles. The van der Waals surface area contributed by atoms with Gasteiger partial charge < -0.3 is 10.8 Å². The molecule has 0 saturated carbocycles. The molecular formula is C9H9NO3S. The van der Waals surface area contributed by atoms with E-state index in [0.29, 0.717) is 10.5 Å². The van der Waals surface area contributed by atoms with Crippen molar-refractivity contribution >= 4 is 23.6 Å². The molecule has 0 heterocycles. The van der Waals surface area contributed by atoms with Gasteiger partial charge in [-0.1, -0.05) is 12.1 Å². The zero-order chi connectivity index (χ0) is 10.6. The van der Waals surface area contributed by atoms with Crippen LogP contribution in [0.3, 0.4) is 0 Å². The van der Waals surface area contributed by atoms with E-state index in [1.165, 1.54) is 0 Å². The summed E-state index contributed by atoms with van der Waals surface area (Å²) in [4.78, 5) is 21.8. The van der Waals surface area contributed by atoms with Crippen molar-refractivity contribution in [3.8, 4) is 0 Å². The molecule has 1 rings (SSSR count). The van der Waals surface area contributed by atoms with Crippen molar-refractivity contribution in [2.75, 3.05) is 5.75 Å². The number of rotatable bonds is 4. The highest BCUT2D eigenvalue weighted by atomic mass is 32.2. The van der Waals surface area contributed by atoms with Gasteiger partial charge in [-0.2, -0.15) is 0 Å². The van der Waals surface area contributed by atoms with Gasteiger partial charge in [-0.25, -0.2) is 0 Å². The first-order valence-corrected chi connectivity index (χ1v) is 4.83. The molecule has 1 aromatic carbocycles.